The number of benzene rings is 1. The first-order chi connectivity index (χ1) is 19.4. The Bertz CT molecular complexity index is 1150. The second-order valence-corrected chi connectivity index (χ2v) is 11.7. The highest BCUT2D eigenvalue weighted by atomic mass is 16.6. The van der Waals surface area contributed by atoms with E-state index in [1.165, 1.54) is 4.90 Å². The summed E-state index contributed by atoms with van der Waals surface area (Å²) in [6, 6.07) is 7.98. The van der Waals surface area contributed by atoms with Gasteiger partial charge in [-0.1, -0.05) is 74.4 Å². The lowest BCUT2D eigenvalue weighted by Crippen LogP contribution is -2.59. The Hall–Kier alpha value is -2.97. The molecule has 1 N–H and O–H groups in total. The molecule has 0 aliphatic carbocycles. The molecule has 1 unspecified atom stereocenters. The Morgan fingerprint density at radius 2 is 1.82 bits per heavy atom. The fourth-order valence-corrected chi connectivity index (χ4v) is 7.07. The average Bonchev–Trinajstić information content (AvgIpc) is 3.29. The second kappa shape index (κ2) is 11.9. The van der Waals surface area contributed by atoms with Gasteiger partial charge in [0.25, 0.3) is 0 Å². The predicted octanol–water partition coefficient (Wildman–Crippen LogP) is 3.43. The van der Waals surface area contributed by atoms with Gasteiger partial charge in [0.1, 0.15) is 17.6 Å². The molecule has 0 bridgehead atoms. The highest BCUT2D eigenvalue weighted by Gasteiger charge is 2.75. The first-order valence-electron chi connectivity index (χ1n) is 14.8. The van der Waals surface area contributed by atoms with E-state index < -0.39 is 41.1 Å². The highest BCUT2D eigenvalue weighted by Crippen LogP contribution is 2.57. The number of amides is 2. The van der Waals surface area contributed by atoms with Crippen molar-refractivity contribution in [2.75, 3.05) is 26.3 Å². The molecule has 2 saturated heterocycles. The third-order valence-corrected chi connectivity index (χ3v) is 8.97. The van der Waals surface area contributed by atoms with Gasteiger partial charge in [-0.15, -0.1) is 0 Å². The number of rotatable bonds is 8. The van der Waals surface area contributed by atoms with E-state index in [1.807, 2.05) is 61.6 Å². The van der Waals surface area contributed by atoms with Crippen LogP contribution in [0.5, 0.6) is 0 Å². The van der Waals surface area contributed by atoms with Gasteiger partial charge in [-0.2, -0.15) is 0 Å². The second-order valence-electron chi connectivity index (χ2n) is 11.7. The van der Waals surface area contributed by atoms with E-state index in [1.54, 1.807) is 4.90 Å². The number of carbonyl (C=O) groups is 3. The van der Waals surface area contributed by atoms with Crippen LogP contribution in [0.1, 0.15) is 57.9 Å². The summed E-state index contributed by atoms with van der Waals surface area (Å²) < 4.78 is 12.6. The quantitative estimate of drug-likeness (QED) is 0.303. The predicted molar refractivity (Wildman–Crippen MR) is 150 cm³/mol. The van der Waals surface area contributed by atoms with Gasteiger partial charge in [-0.25, -0.2) is 0 Å². The Balaban J connectivity index is 1.61. The molecule has 8 heteroatoms. The Kier molecular flexibility index (Phi) is 8.47. The summed E-state index contributed by atoms with van der Waals surface area (Å²) in [6.07, 6.45) is 13.4. The van der Waals surface area contributed by atoms with Gasteiger partial charge in [0.05, 0.1) is 30.8 Å². The number of likely N-dealkylation sites (tertiary alicyclic amines) is 1. The molecule has 2 amide bonds. The molecule has 0 aromatic heterocycles. The normalized spacial score (nSPS) is 33.6. The van der Waals surface area contributed by atoms with Crippen molar-refractivity contribution < 1.29 is 29.0 Å². The summed E-state index contributed by atoms with van der Waals surface area (Å²) in [4.78, 5) is 46.0. The summed E-state index contributed by atoms with van der Waals surface area (Å²) in [7, 11) is 0. The number of unbranched alkanes of at least 4 members (excludes halogenated alkanes) is 2. The fourth-order valence-electron chi connectivity index (χ4n) is 7.07. The van der Waals surface area contributed by atoms with Crippen molar-refractivity contribution in [2.24, 2.45) is 11.8 Å². The third-order valence-electron chi connectivity index (χ3n) is 8.97. The molecule has 1 aromatic rings. The van der Waals surface area contributed by atoms with Crippen molar-refractivity contribution in [3.63, 3.8) is 0 Å². The van der Waals surface area contributed by atoms with Gasteiger partial charge in [-0.3, -0.25) is 14.4 Å². The van der Waals surface area contributed by atoms with Crippen LogP contribution in [-0.2, 0) is 30.3 Å². The number of allylic oxidation sites excluding steroid dienone is 1. The molecule has 8 nitrogen and oxygen atoms in total. The van der Waals surface area contributed by atoms with Crippen molar-refractivity contribution >= 4 is 17.8 Å². The number of esters is 1. The number of hydrogen-bond donors (Lipinski definition) is 1. The zero-order valence-electron chi connectivity index (χ0n) is 23.7. The molecule has 6 atom stereocenters. The van der Waals surface area contributed by atoms with Crippen LogP contribution in [-0.4, -0.2) is 82.3 Å². The molecule has 0 radical (unpaired) electrons. The first kappa shape index (κ1) is 28.6. The number of ether oxygens (including phenoxy) is 2. The fraction of sp³-hybridized carbons (Fsp3) is 0.594. The van der Waals surface area contributed by atoms with Crippen LogP contribution in [0.15, 0.2) is 54.6 Å². The van der Waals surface area contributed by atoms with Crippen molar-refractivity contribution in [2.45, 2.75) is 82.1 Å². The molecule has 2 fully saturated rings. The lowest BCUT2D eigenvalue weighted by Gasteiger charge is -2.40. The van der Waals surface area contributed by atoms with E-state index in [9.17, 15) is 19.5 Å². The first-order valence-corrected chi connectivity index (χ1v) is 14.8. The van der Waals surface area contributed by atoms with E-state index in [2.05, 4.69) is 6.92 Å². The van der Waals surface area contributed by atoms with Crippen LogP contribution in [0.25, 0.3) is 0 Å². The van der Waals surface area contributed by atoms with E-state index >= 15 is 0 Å². The summed E-state index contributed by atoms with van der Waals surface area (Å²) in [5.41, 5.74) is -1.52. The molecule has 0 saturated carbocycles. The Morgan fingerprint density at radius 1 is 1.02 bits per heavy atom. The molecule has 4 aliphatic heterocycles. The molecular weight excluding hydrogens is 508 g/mol. The van der Waals surface area contributed by atoms with Crippen LogP contribution < -0.4 is 0 Å². The lowest BCUT2D eigenvalue weighted by atomic mass is 9.74. The number of fused-ring (bicyclic) bond motifs is 2. The van der Waals surface area contributed by atoms with E-state index in [-0.39, 0.29) is 25.0 Å². The number of cyclic esters (lactones) is 1. The smallest absolute Gasteiger partial charge is 0.313 e. The monoisotopic (exact) mass is 550 g/mol. The highest BCUT2D eigenvalue weighted by molar-refractivity contribution is 5.99. The minimum absolute atomic E-state index is 0.201. The number of aliphatic hydroxyl groups excluding tert-OH is 1. The Labute approximate surface area is 237 Å². The SMILES string of the molecule is CCCCCN1CC=C[C@]23O[C@]4(C)/C=C\CCCCOC(=O)[C@@H]4[C@H]2C(=O)N([C@@H](CO)Cc2ccccc2)C3C1=O. The average molecular weight is 551 g/mol. The van der Waals surface area contributed by atoms with Crippen molar-refractivity contribution in [1.82, 2.24) is 9.80 Å². The van der Waals surface area contributed by atoms with Crippen molar-refractivity contribution in [3.8, 4) is 0 Å². The van der Waals surface area contributed by atoms with E-state index in [0.717, 1.165) is 44.1 Å². The van der Waals surface area contributed by atoms with Crippen LogP contribution >= 0.6 is 0 Å². The molecule has 1 aromatic carbocycles. The summed E-state index contributed by atoms with van der Waals surface area (Å²) in [6.45, 7) is 4.89. The van der Waals surface area contributed by atoms with Crippen molar-refractivity contribution in [1.29, 1.82) is 0 Å². The molecule has 216 valence electrons. The van der Waals surface area contributed by atoms with Crippen LogP contribution in [0, 0.1) is 11.8 Å². The van der Waals surface area contributed by atoms with Gasteiger partial charge in [-0.05, 0) is 44.6 Å². The maximum atomic E-state index is 14.6. The summed E-state index contributed by atoms with van der Waals surface area (Å²) in [5.74, 6) is -2.88. The van der Waals surface area contributed by atoms with Gasteiger partial charge in [0.2, 0.25) is 11.8 Å². The zero-order valence-corrected chi connectivity index (χ0v) is 23.7. The van der Waals surface area contributed by atoms with Gasteiger partial charge >= 0.3 is 5.97 Å². The standard InChI is InChI=1S/C32H42N2O6/c1-3-4-11-18-33-19-13-17-32-25(26-30(38)39-20-12-6-5-10-16-31(26,2)40-32)28(36)34(27(32)29(33)37)24(22-35)21-23-14-8-7-9-15-23/h7-10,13-17,24-27,35H,3-6,11-12,18-22H2,1-2H3/b16-10-/t24-,25+,26+,27?,31-,32+/m1/s1. The topological polar surface area (TPSA) is 96.4 Å². The molecule has 1 spiro atoms. The van der Waals surface area contributed by atoms with Gasteiger partial charge < -0.3 is 24.4 Å². The molecule has 5 rings (SSSR count). The number of carbonyl (C=O) groups excluding carboxylic acids is 3. The third kappa shape index (κ3) is 5.00. The lowest BCUT2D eigenvalue weighted by molar-refractivity contribution is -0.161. The summed E-state index contributed by atoms with van der Waals surface area (Å²) >= 11 is 0. The van der Waals surface area contributed by atoms with E-state index in [0.29, 0.717) is 19.5 Å². The number of hydrogen-bond acceptors (Lipinski definition) is 6. The van der Waals surface area contributed by atoms with Crippen molar-refractivity contribution in [3.05, 3.63) is 60.2 Å². The van der Waals surface area contributed by atoms with E-state index in [4.69, 9.17) is 9.47 Å². The maximum absolute atomic E-state index is 14.6. The minimum Gasteiger partial charge on any atom is -0.465 e. The largest absolute Gasteiger partial charge is 0.465 e. The van der Waals surface area contributed by atoms with Gasteiger partial charge in [0, 0.05) is 13.1 Å². The van der Waals surface area contributed by atoms with Crippen LogP contribution in [0.3, 0.4) is 0 Å². The maximum Gasteiger partial charge on any atom is 0.313 e. The van der Waals surface area contributed by atoms with Crippen LogP contribution in [0.2, 0.25) is 0 Å². The molecule has 4 aliphatic rings. The summed E-state index contributed by atoms with van der Waals surface area (Å²) in [5, 5.41) is 10.6. The zero-order chi connectivity index (χ0) is 28.3. The number of aliphatic hydroxyl groups is 1. The molecule has 4 heterocycles. The van der Waals surface area contributed by atoms with Crippen LogP contribution in [0.4, 0.5) is 0 Å². The minimum atomic E-state index is -1.35. The van der Waals surface area contributed by atoms with Gasteiger partial charge in [0.15, 0.2) is 0 Å². The molecular formula is C32H42N2O6. The molecule has 40 heavy (non-hydrogen) atoms. The Morgan fingerprint density at radius 3 is 2.58 bits per heavy atom. The number of nitrogens with zero attached hydrogens (tertiary/aromatic N) is 2.